The second kappa shape index (κ2) is 11.4. The molecule has 1 atom stereocenters. The second-order valence-corrected chi connectivity index (χ2v) is 9.70. The molecule has 0 aliphatic heterocycles. The van der Waals surface area contributed by atoms with E-state index < -0.39 is 18.7 Å². The highest BCUT2D eigenvalue weighted by atomic mass is 35.5. The maximum absolute atomic E-state index is 12.9. The minimum atomic E-state index is -3.01. The van der Waals surface area contributed by atoms with Gasteiger partial charge in [-0.15, -0.1) is 0 Å². The largest absolute Gasteiger partial charge is 0.489 e. The van der Waals surface area contributed by atoms with E-state index >= 15 is 0 Å². The molecule has 0 spiro atoms. The molecule has 2 heterocycles. The van der Waals surface area contributed by atoms with Crippen LogP contribution in [0.2, 0.25) is 10.0 Å². The van der Waals surface area contributed by atoms with Crippen molar-refractivity contribution < 1.29 is 32.5 Å². The van der Waals surface area contributed by atoms with Gasteiger partial charge in [0.05, 0.1) is 23.8 Å². The molecule has 1 aromatic carbocycles. The number of carbonyl (C=O) groups excluding carboxylic acids is 1. The molecule has 1 aliphatic carbocycles. The van der Waals surface area contributed by atoms with E-state index in [4.69, 9.17) is 37.4 Å². The normalized spacial score (nSPS) is 14.0. The van der Waals surface area contributed by atoms with Gasteiger partial charge in [0.25, 0.3) is 0 Å². The number of methoxy groups -OCH3 is 1. The first-order valence-corrected chi connectivity index (χ1v) is 12.3. The first-order valence-electron chi connectivity index (χ1n) is 10.7. The lowest BCUT2D eigenvalue weighted by Crippen LogP contribution is -2.15. The van der Waals surface area contributed by atoms with Gasteiger partial charge in [0.2, 0.25) is 0 Å². The summed E-state index contributed by atoms with van der Waals surface area (Å²) in [6.07, 6.45) is 4.18. The highest BCUT2D eigenvalue weighted by Gasteiger charge is 2.26. The minimum absolute atomic E-state index is 0.0996. The molecule has 186 valence electrons. The van der Waals surface area contributed by atoms with Gasteiger partial charge >= 0.3 is 12.6 Å². The number of pyridine rings is 1. The molecule has 4 rings (SSSR count). The van der Waals surface area contributed by atoms with E-state index in [1.54, 1.807) is 12.1 Å². The number of thiophene rings is 1. The van der Waals surface area contributed by atoms with E-state index in [1.165, 1.54) is 37.7 Å². The Hall–Kier alpha value is -2.62. The Bertz CT molecular complexity index is 1170. The second-order valence-electron chi connectivity index (χ2n) is 7.84. The van der Waals surface area contributed by atoms with Crippen molar-refractivity contribution in [2.24, 2.45) is 5.92 Å². The van der Waals surface area contributed by atoms with Crippen LogP contribution < -0.4 is 14.2 Å². The first kappa shape index (κ1) is 25.5. The molecular formula is C24H21Cl2F2NO5S. The van der Waals surface area contributed by atoms with Gasteiger partial charge < -0.3 is 18.9 Å². The number of esters is 1. The molecule has 11 heteroatoms. The predicted molar refractivity (Wildman–Crippen MR) is 128 cm³/mol. The Kier molecular flexibility index (Phi) is 8.30. The van der Waals surface area contributed by atoms with Crippen LogP contribution in [0.25, 0.3) is 0 Å². The van der Waals surface area contributed by atoms with Crippen LogP contribution in [0.3, 0.4) is 0 Å². The molecule has 2 aromatic heterocycles. The number of carbonyl (C=O) groups is 1. The number of nitrogens with zero attached hydrogens (tertiary/aromatic N) is 1. The lowest BCUT2D eigenvalue weighted by Gasteiger charge is -2.21. The summed E-state index contributed by atoms with van der Waals surface area (Å²) in [5.41, 5.74) is 1.02. The lowest BCUT2D eigenvalue weighted by molar-refractivity contribution is -0.0515. The standard InChI is InChI=1S/C24H21Cl2F2NO5S/c1-31-22-7-6-21(35-22)23(30)33-19(9-15-16(25)10-29-11-17(15)26)14-4-5-18(34-24(27)28)20(8-14)32-12-13-2-3-13/h4-8,10-11,13,19,24H,2-3,9,12H2,1H3/t19-/m0/s1. The molecule has 1 aliphatic rings. The van der Waals surface area contributed by atoms with E-state index in [9.17, 15) is 13.6 Å². The van der Waals surface area contributed by atoms with Crippen molar-refractivity contribution in [1.29, 1.82) is 0 Å². The summed E-state index contributed by atoms with van der Waals surface area (Å²) in [5, 5.41) is 1.16. The van der Waals surface area contributed by atoms with Gasteiger partial charge in [-0.05, 0) is 54.2 Å². The molecule has 0 saturated heterocycles. The topological polar surface area (TPSA) is 66.9 Å². The molecule has 1 saturated carbocycles. The third-order valence-electron chi connectivity index (χ3n) is 5.30. The maximum Gasteiger partial charge on any atom is 0.387 e. The van der Waals surface area contributed by atoms with Crippen LogP contribution in [-0.4, -0.2) is 31.3 Å². The Morgan fingerprint density at radius 1 is 1.14 bits per heavy atom. The van der Waals surface area contributed by atoms with Crippen LogP contribution in [0, 0.1) is 5.92 Å². The van der Waals surface area contributed by atoms with Crippen LogP contribution in [0.1, 0.15) is 39.7 Å². The molecular weight excluding hydrogens is 523 g/mol. The van der Waals surface area contributed by atoms with Crippen molar-refractivity contribution >= 4 is 40.5 Å². The van der Waals surface area contributed by atoms with Crippen molar-refractivity contribution in [2.45, 2.75) is 32.0 Å². The van der Waals surface area contributed by atoms with E-state index in [0.717, 1.165) is 24.2 Å². The fraction of sp³-hybridized carbons (Fsp3) is 0.333. The molecule has 6 nitrogen and oxygen atoms in total. The van der Waals surface area contributed by atoms with Crippen LogP contribution >= 0.6 is 34.5 Å². The van der Waals surface area contributed by atoms with E-state index in [1.807, 2.05) is 0 Å². The molecule has 0 radical (unpaired) electrons. The van der Waals surface area contributed by atoms with E-state index in [-0.39, 0.29) is 17.9 Å². The van der Waals surface area contributed by atoms with Crippen molar-refractivity contribution in [2.75, 3.05) is 13.7 Å². The van der Waals surface area contributed by atoms with E-state index in [2.05, 4.69) is 9.72 Å². The zero-order valence-corrected chi connectivity index (χ0v) is 20.8. The summed E-state index contributed by atoms with van der Waals surface area (Å²) < 4.78 is 47.3. The summed E-state index contributed by atoms with van der Waals surface area (Å²) in [5.74, 6) is -0.161. The molecule has 1 fully saturated rings. The van der Waals surface area contributed by atoms with Gasteiger partial charge in [-0.3, -0.25) is 4.98 Å². The number of hydrogen-bond donors (Lipinski definition) is 0. The van der Waals surface area contributed by atoms with Crippen LogP contribution in [-0.2, 0) is 11.2 Å². The summed E-state index contributed by atoms with van der Waals surface area (Å²) in [6.45, 7) is -2.63. The van der Waals surface area contributed by atoms with Crippen molar-refractivity contribution in [3.05, 3.63) is 68.8 Å². The highest BCUT2D eigenvalue weighted by Crippen LogP contribution is 2.38. The summed E-state index contributed by atoms with van der Waals surface area (Å²) >= 11 is 13.8. The molecule has 0 bridgehead atoms. The minimum Gasteiger partial charge on any atom is -0.489 e. The third kappa shape index (κ3) is 6.74. The molecule has 3 aromatic rings. The molecule has 0 unspecified atom stereocenters. The molecule has 0 amide bonds. The zero-order valence-electron chi connectivity index (χ0n) is 18.5. The number of hydrogen-bond acceptors (Lipinski definition) is 7. The average molecular weight is 544 g/mol. The van der Waals surface area contributed by atoms with Gasteiger partial charge in [-0.1, -0.05) is 40.6 Å². The monoisotopic (exact) mass is 543 g/mol. The van der Waals surface area contributed by atoms with Gasteiger partial charge in [0.1, 0.15) is 11.0 Å². The van der Waals surface area contributed by atoms with Gasteiger partial charge in [0, 0.05) is 18.8 Å². The summed E-state index contributed by atoms with van der Waals surface area (Å²) in [7, 11) is 1.50. The first-order chi connectivity index (χ1) is 16.8. The van der Waals surface area contributed by atoms with Crippen molar-refractivity contribution in [3.63, 3.8) is 0 Å². The lowest BCUT2D eigenvalue weighted by atomic mass is 10.0. The fourth-order valence-electron chi connectivity index (χ4n) is 3.30. The Labute approximate surface area is 214 Å². The number of alkyl halides is 2. The number of rotatable bonds is 11. The predicted octanol–water partition coefficient (Wildman–Crippen LogP) is 6.99. The van der Waals surface area contributed by atoms with Crippen molar-refractivity contribution in [1.82, 2.24) is 4.98 Å². The third-order valence-corrected chi connectivity index (χ3v) is 6.98. The van der Waals surface area contributed by atoms with Crippen LogP contribution in [0.5, 0.6) is 16.6 Å². The van der Waals surface area contributed by atoms with Gasteiger partial charge in [-0.25, -0.2) is 4.79 Å². The quantitative estimate of drug-likeness (QED) is 0.243. The Morgan fingerprint density at radius 2 is 1.89 bits per heavy atom. The Morgan fingerprint density at radius 3 is 2.51 bits per heavy atom. The maximum atomic E-state index is 12.9. The van der Waals surface area contributed by atoms with Gasteiger partial charge in [-0.2, -0.15) is 8.78 Å². The smallest absolute Gasteiger partial charge is 0.387 e. The fourth-order valence-corrected chi connectivity index (χ4v) is 4.52. The zero-order chi connectivity index (χ0) is 24.9. The van der Waals surface area contributed by atoms with Crippen LogP contribution in [0.4, 0.5) is 8.78 Å². The Balaban J connectivity index is 1.66. The number of benzene rings is 1. The van der Waals surface area contributed by atoms with E-state index in [0.29, 0.717) is 43.6 Å². The molecule has 0 N–H and O–H groups in total. The average Bonchev–Trinajstić information content (AvgIpc) is 3.53. The summed E-state index contributed by atoms with van der Waals surface area (Å²) in [4.78, 5) is 17.2. The summed E-state index contributed by atoms with van der Waals surface area (Å²) in [6, 6.07) is 7.70. The number of aromatic nitrogens is 1. The number of halogens is 4. The van der Waals surface area contributed by atoms with Crippen molar-refractivity contribution in [3.8, 4) is 16.6 Å². The molecule has 35 heavy (non-hydrogen) atoms. The van der Waals surface area contributed by atoms with Gasteiger partial charge in [0.15, 0.2) is 16.6 Å². The SMILES string of the molecule is COc1ccc(C(=O)O[C@@H](Cc2c(Cl)cncc2Cl)c2ccc(OC(F)F)c(OCC3CC3)c2)s1. The van der Waals surface area contributed by atoms with Crippen LogP contribution in [0.15, 0.2) is 42.7 Å². The number of ether oxygens (including phenoxy) is 4. The highest BCUT2D eigenvalue weighted by molar-refractivity contribution is 7.15.